The molecule has 1 atom stereocenters. The van der Waals surface area contributed by atoms with Crippen LogP contribution in [0.4, 0.5) is 0 Å². The molecule has 0 unspecified atom stereocenters. The third kappa shape index (κ3) is 17.6. The molecule has 0 fully saturated rings. The van der Waals surface area contributed by atoms with Gasteiger partial charge in [-0.3, -0.25) is 4.79 Å². The van der Waals surface area contributed by atoms with E-state index in [0.717, 1.165) is 38.5 Å². The second kappa shape index (κ2) is 24.5. The number of methoxy groups -OCH3 is 1. The second-order valence-corrected chi connectivity index (χ2v) is 23.9. The minimum atomic E-state index is -2.51. The summed E-state index contributed by atoms with van der Waals surface area (Å²) < 4.78 is 16.5. The number of hydrogen-bond acceptors (Lipinski definition) is 3. The molecule has 0 N–H and O–H groups in total. The van der Waals surface area contributed by atoms with Crippen LogP contribution in [0.2, 0.25) is 13.3 Å². The first-order valence-corrected chi connectivity index (χ1v) is 22.2. The average molecular weight is 608 g/mol. The molecule has 0 aliphatic rings. The maximum absolute atomic E-state index is 10.2. The molecule has 0 radical (unpaired) electrons. The molecule has 0 spiro atoms. The van der Waals surface area contributed by atoms with E-state index >= 15 is 0 Å². The molecule has 0 amide bonds. The number of unbranched alkanes of at least 4 members (excludes halogenated alkanes) is 4. The van der Waals surface area contributed by atoms with Crippen molar-refractivity contribution in [2.24, 2.45) is 0 Å². The average Bonchev–Trinajstić information content (AvgIpc) is 2.88. The fraction of sp³-hybridized carbons (Fsp3) is 0.719. The van der Waals surface area contributed by atoms with Crippen molar-refractivity contribution < 1.29 is 14.3 Å². The van der Waals surface area contributed by atoms with Gasteiger partial charge in [0.2, 0.25) is 0 Å². The SMILES string of the molecule is CCC[CH2][Sn]([CH2]CCC)([CH2]CCC)[C@@H](/C=C/CC/C(C)=C/CC/C(C)=C/CCC#CC=O)OCOC. The molecule has 0 aromatic heterocycles. The molecule has 0 saturated carbocycles. The minimum absolute atomic E-state index is 0.331. The van der Waals surface area contributed by atoms with E-state index in [1.54, 1.807) is 7.11 Å². The fourth-order valence-electron chi connectivity index (χ4n) is 4.75. The Morgan fingerprint density at radius 1 is 0.861 bits per heavy atom. The van der Waals surface area contributed by atoms with Crippen molar-refractivity contribution in [3.63, 3.8) is 0 Å². The molecule has 206 valence electrons. The summed E-state index contributed by atoms with van der Waals surface area (Å²) >= 11 is -2.51. The summed E-state index contributed by atoms with van der Waals surface area (Å²) in [6.45, 7) is 11.8. The molecule has 3 nitrogen and oxygen atoms in total. The topological polar surface area (TPSA) is 35.5 Å². The van der Waals surface area contributed by atoms with Crippen LogP contribution in [0.1, 0.15) is 112 Å². The van der Waals surface area contributed by atoms with Gasteiger partial charge in [0.05, 0.1) is 0 Å². The van der Waals surface area contributed by atoms with Crippen LogP contribution in [0.3, 0.4) is 0 Å². The van der Waals surface area contributed by atoms with Gasteiger partial charge < -0.3 is 0 Å². The van der Waals surface area contributed by atoms with E-state index in [1.807, 2.05) is 0 Å². The fourth-order valence-corrected chi connectivity index (χ4v) is 21.1. The standard InChI is InChI=1S/C20H29O3.3C4H9.Sn/c1-19(12-7-4-5-9-16-21)14-11-15-20(2)13-8-6-10-17-23-18-22-3;3*1-3-4-2;/h6,10,12,15-17H,4,7-8,11,13-14,18H2,1-3H3;3*1,3-4H2,2H3;/b10-6+,19-12+,20-15+;;;;. The Labute approximate surface area is 228 Å². The first-order chi connectivity index (χ1) is 17.5. The summed E-state index contributed by atoms with van der Waals surface area (Å²) in [5.74, 6) is 5.33. The van der Waals surface area contributed by atoms with Crippen LogP contribution >= 0.6 is 0 Å². The van der Waals surface area contributed by atoms with Crippen molar-refractivity contribution in [1.82, 2.24) is 0 Å². The van der Waals surface area contributed by atoms with Gasteiger partial charge in [-0.2, -0.15) is 0 Å². The number of ether oxygens (including phenoxy) is 2. The maximum atomic E-state index is 10.2. The van der Waals surface area contributed by atoms with Gasteiger partial charge in [0, 0.05) is 6.42 Å². The van der Waals surface area contributed by atoms with E-state index in [4.69, 9.17) is 9.47 Å². The van der Waals surface area contributed by atoms with Crippen molar-refractivity contribution in [3.8, 4) is 11.8 Å². The zero-order valence-corrected chi connectivity index (χ0v) is 27.4. The number of allylic oxidation sites excluding steroid dienone is 5. The molecular weight excluding hydrogens is 551 g/mol. The molecule has 4 heteroatoms. The predicted molar refractivity (Wildman–Crippen MR) is 160 cm³/mol. The molecule has 0 aromatic carbocycles. The van der Waals surface area contributed by atoms with E-state index in [2.05, 4.69) is 70.8 Å². The quantitative estimate of drug-likeness (QED) is 0.0307. The van der Waals surface area contributed by atoms with Crippen molar-refractivity contribution in [3.05, 3.63) is 35.5 Å². The Bertz CT molecular complexity index is 674. The summed E-state index contributed by atoms with van der Waals surface area (Å²) in [6.07, 6.45) is 24.1. The van der Waals surface area contributed by atoms with Crippen molar-refractivity contribution in [2.75, 3.05) is 13.9 Å². The van der Waals surface area contributed by atoms with Crippen LogP contribution in [0.25, 0.3) is 0 Å². The Hall–Kier alpha value is -0.831. The third-order valence-corrected chi connectivity index (χ3v) is 23.0. The number of aldehydes is 1. The van der Waals surface area contributed by atoms with Gasteiger partial charge in [-0.15, -0.1) is 0 Å². The van der Waals surface area contributed by atoms with Crippen LogP contribution in [-0.2, 0) is 14.3 Å². The van der Waals surface area contributed by atoms with Gasteiger partial charge in [0.1, 0.15) is 0 Å². The van der Waals surface area contributed by atoms with Crippen LogP contribution in [0.5, 0.6) is 0 Å². The zero-order valence-electron chi connectivity index (χ0n) is 24.5. The number of carbonyl (C=O) groups is 1. The molecule has 0 bridgehead atoms. The normalized spacial score (nSPS) is 13.6. The van der Waals surface area contributed by atoms with E-state index in [-0.39, 0.29) is 0 Å². The number of rotatable bonds is 22. The molecule has 36 heavy (non-hydrogen) atoms. The molecule has 0 aromatic rings. The Morgan fingerprint density at radius 3 is 1.94 bits per heavy atom. The summed E-state index contributed by atoms with van der Waals surface area (Å²) in [4.78, 5) is 10.2. The summed E-state index contributed by atoms with van der Waals surface area (Å²) in [5, 5.41) is 0. The van der Waals surface area contributed by atoms with Gasteiger partial charge in [-0.25, -0.2) is 0 Å². The Morgan fingerprint density at radius 2 is 1.42 bits per heavy atom. The van der Waals surface area contributed by atoms with Crippen molar-refractivity contribution >= 4 is 24.7 Å². The zero-order chi connectivity index (χ0) is 26.9. The van der Waals surface area contributed by atoms with Crippen LogP contribution in [0, 0.1) is 11.8 Å². The van der Waals surface area contributed by atoms with Crippen molar-refractivity contribution in [2.45, 2.75) is 129 Å². The molecular formula is C32H56O3Sn. The number of hydrogen-bond donors (Lipinski definition) is 0. The number of carbonyl (C=O) groups excluding carboxylic acids is 1. The van der Waals surface area contributed by atoms with E-state index in [9.17, 15) is 4.79 Å². The van der Waals surface area contributed by atoms with Gasteiger partial charge >= 0.3 is 200 Å². The monoisotopic (exact) mass is 608 g/mol. The van der Waals surface area contributed by atoms with E-state index in [0.29, 0.717) is 17.2 Å². The summed E-state index contributed by atoms with van der Waals surface area (Å²) in [7, 11) is 1.75. The Balaban J connectivity index is 5.05. The summed E-state index contributed by atoms with van der Waals surface area (Å²) in [5.41, 5.74) is 2.87. The molecule has 0 rings (SSSR count). The van der Waals surface area contributed by atoms with Crippen molar-refractivity contribution in [1.29, 1.82) is 0 Å². The van der Waals surface area contributed by atoms with Gasteiger partial charge in [-0.05, 0) is 5.92 Å². The van der Waals surface area contributed by atoms with Gasteiger partial charge in [0.15, 0.2) is 6.29 Å². The predicted octanol–water partition coefficient (Wildman–Crippen LogP) is 9.36. The second-order valence-electron chi connectivity index (χ2n) is 10.3. The first-order valence-electron chi connectivity index (χ1n) is 14.5. The van der Waals surface area contributed by atoms with E-state index in [1.165, 1.54) is 63.0 Å². The molecule has 0 aliphatic carbocycles. The molecule has 0 aliphatic heterocycles. The third-order valence-electron chi connectivity index (χ3n) is 7.02. The van der Waals surface area contributed by atoms with Gasteiger partial charge in [0.25, 0.3) is 0 Å². The Kier molecular flexibility index (Phi) is 23.9. The van der Waals surface area contributed by atoms with Crippen LogP contribution < -0.4 is 0 Å². The van der Waals surface area contributed by atoms with E-state index < -0.39 is 18.4 Å². The van der Waals surface area contributed by atoms with Gasteiger partial charge in [-0.1, -0.05) is 5.92 Å². The summed E-state index contributed by atoms with van der Waals surface area (Å²) in [6, 6.07) is 0. The first kappa shape index (κ1) is 35.2. The molecule has 0 saturated heterocycles. The molecule has 0 heterocycles. The van der Waals surface area contributed by atoms with Crippen LogP contribution in [-0.4, -0.2) is 42.7 Å². The van der Waals surface area contributed by atoms with Crippen LogP contribution in [0.15, 0.2) is 35.5 Å².